The fraction of sp³-hybridized carbons (Fsp3) is 0.714. The summed E-state index contributed by atoms with van der Waals surface area (Å²) >= 11 is 1.33. The van der Waals surface area contributed by atoms with Gasteiger partial charge in [-0.2, -0.15) is 4.31 Å². The summed E-state index contributed by atoms with van der Waals surface area (Å²) in [4.78, 5) is 17.2. The Morgan fingerprint density at radius 2 is 2.00 bits per heavy atom. The van der Waals surface area contributed by atoms with Gasteiger partial charge in [0.2, 0.25) is 10.0 Å². The fourth-order valence-corrected chi connectivity index (χ4v) is 4.56. The van der Waals surface area contributed by atoms with Crippen LogP contribution in [0.1, 0.15) is 45.2 Å². The predicted molar refractivity (Wildman–Crippen MR) is 92.2 cm³/mol. The number of nitrogens with one attached hydrogen (secondary N) is 2. The highest BCUT2D eigenvalue weighted by Crippen LogP contribution is 2.30. The Kier molecular flexibility index (Phi) is 5.03. The Hall–Kier alpha value is -1.19. The monoisotopic (exact) mass is 360 g/mol. The van der Waals surface area contributed by atoms with Crippen LogP contribution in [0.5, 0.6) is 0 Å². The summed E-state index contributed by atoms with van der Waals surface area (Å²) in [5.41, 5.74) is 0.541. The Labute approximate surface area is 141 Å². The van der Waals surface area contributed by atoms with Crippen LogP contribution in [-0.4, -0.2) is 41.1 Å². The van der Waals surface area contributed by atoms with Gasteiger partial charge in [0.1, 0.15) is 0 Å². The molecule has 0 atom stereocenters. The maximum atomic E-state index is 12.3. The van der Waals surface area contributed by atoms with Gasteiger partial charge in [0.15, 0.2) is 5.13 Å². The lowest BCUT2D eigenvalue weighted by Gasteiger charge is -2.26. The van der Waals surface area contributed by atoms with Gasteiger partial charge in [-0.05, 0) is 34.6 Å². The second-order valence-corrected chi connectivity index (χ2v) is 10.5. The SMILES string of the molecule is CC(C)S(=O)(=O)N1CCc2nc(NC(=O)NC(C)(C)C)sc2C1. The van der Waals surface area contributed by atoms with Gasteiger partial charge < -0.3 is 5.32 Å². The number of hydrogen-bond acceptors (Lipinski definition) is 5. The van der Waals surface area contributed by atoms with E-state index in [-0.39, 0.29) is 11.6 Å². The zero-order chi connectivity index (χ0) is 17.4. The Morgan fingerprint density at radius 3 is 2.57 bits per heavy atom. The molecule has 0 saturated heterocycles. The summed E-state index contributed by atoms with van der Waals surface area (Å²) in [5.74, 6) is 0. The minimum absolute atomic E-state index is 0.310. The average Bonchev–Trinajstić information content (AvgIpc) is 2.76. The quantitative estimate of drug-likeness (QED) is 0.864. The molecule has 2 rings (SSSR count). The van der Waals surface area contributed by atoms with E-state index in [9.17, 15) is 13.2 Å². The number of thiazole rings is 1. The van der Waals surface area contributed by atoms with E-state index >= 15 is 0 Å². The third kappa shape index (κ3) is 4.42. The molecular weight excluding hydrogens is 336 g/mol. The molecule has 2 N–H and O–H groups in total. The van der Waals surface area contributed by atoms with Gasteiger partial charge in [0, 0.05) is 29.9 Å². The first kappa shape index (κ1) is 18.2. The maximum absolute atomic E-state index is 12.3. The number of carbonyl (C=O) groups is 1. The second-order valence-electron chi connectivity index (χ2n) is 6.90. The van der Waals surface area contributed by atoms with Gasteiger partial charge in [-0.3, -0.25) is 5.32 Å². The Morgan fingerprint density at radius 1 is 1.35 bits per heavy atom. The predicted octanol–water partition coefficient (Wildman–Crippen LogP) is 2.16. The molecule has 0 radical (unpaired) electrons. The number of anilines is 1. The van der Waals surface area contributed by atoms with Gasteiger partial charge in [0.05, 0.1) is 10.9 Å². The number of hydrogen-bond donors (Lipinski definition) is 2. The summed E-state index contributed by atoms with van der Waals surface area (Å²) in [6, 6.07) is -0.310. The molecule has 2 amide bonds. The zero-order valence-corrected chi connectivity index (χ0v) is 15.8. The average molecular weight is 361 g/mol. The largest absolute Gasteiger partial charge is 0.333 e. The molecule has 0 aliphatic carbocycles. The van der Waals surface area contributed by atoms with E-state index in [2.05, 4.69) is 15.6 Å². The first-order valence-electron chi connectivity index (χ1n) is 7.56. The number of urea groups is 1. The highest BCUT2D eigenvalue weighted by atomic mass is 32.2. The summed E-state index contributed by atoms with van der Waals surface area (Å²) in [7, 11) is -3.27. The van der Waals surface area contributed by atoms with E-state index in [1.807, 2.05) is 20.8 Å². The van der Waals surface area contributed by atoms with E-state index in [0.717, 1.165) is 10.6 Å². The lowest BCUT2D eigenvalue weighted by molar-refractivity contribution is 0.244. The molecule has 0 fully saturated rings. The van der Waals surface area contributed by atoms with Crippen LogP contribution < -0.4 is 10.6 Å². The molecule has 0 bridgehead atoms. The molecule has 1 aliphatic rings. The third-order valence-corrected chi connectivity index (χ3v) is 6.58. The maximum Gasteiger partial charge on any atom is 0.321 e. The van der Waals surface area contributed by atoms with Crippen molar-refractivity contribution in [2.24, 2.45) is 0 Å². The van der Waals surface area contributed by atoms with Crippen molar-refractivity contribution in [2.45, 2.75) is 58.4 Å². The zero-order valence-electron chi connectivity index (χ0n) is 14.1. The standard InChI is InChI=1S/C14H24N4O3S2/c1-9(2)23(20,21)18-7-6-10-11(8-18)22-13(15-10)16-12(19)17-14(3,4)5/h9H,6-8H2,1-5H3,(H2,15,16,17,19). The normalized spacial score (nSPS) is 16.3. The number of rotatable bonds is 3. The molecule has 1 aliphatic heterocycles. The summed E-state index contributed by atoms with van der Waals surface area (Å²) in [5, 5.41) is 5.59. The number of nitrogens with zero attached hydrogens (tertiary/aromatic N) is 2. The molecule has 23 heavy (non-hydrogen) atoms. The summed E-state index contributed by atoms with van der Waals surface area (Å²) < 4.78 is 26.0. The van der Waals surface area contributed by atoms with Crippen LogP contribution in [0.15, 0.2) is 0 Å². The molecular formula is C14H24N4O3S2. The highest BCUT2D eigenvalue weighted by molar-refractivity contribution is 7.89. The lowest BCUT2D eigenvalue weighted by atomic mass is 10.1. The molecule has 1 aromatic heterocycles. The van der Waals surface area contributed by atoms with Crippen molar-refractivity contribution in [3.05, 3.63) is 10.6 Å². The molecule has 7 nitrogen and oxygen atoms in total. The molecule has 0 spiro atoms. The van der Waals surface area contributed by atoms with Crippen LogP contribution in [0.3, 0.4) is 0 Å². The van der Waals surface area contributed by atoms with Crippen molar-refractivity contribution in [1.82, 2.24) is 14.6 Å². The lowest BCUT2D eigenvalue weighted by Crippen LogP contribution is -2.43. The van der Waals surface area contributed by atoms with E-state index in [0.29, 0.717) is 24.6 Å². The molecule has 2 heterocycles. The minimum atomic E-state index is -3.27. The van der Waals surface area contributed by atoms with Crippen LogP contribution in [0.4, 0.5) is 9.93 Å². The molecule has 0 unspecified atom stereocenters. The summed E-state index contributed by atoms with van der Waals surface area (Å²) in [6.07, 6.45) is 0.570. The van der Waals surface area contributed by atoms with Crippen molar-refractivity contribution < 1.29 is 13.2 Å². The van der Waals surface area contributed by atoms with Crippen LogP contribution in [-0.2, 0) is 23.0 Å². The minimum Gasteiger partial charge on any atom is -0.333 e. The van der Waals surface area contributed by atoms with E-state index in [1.165, 1.54) is 15.6 Å². The van der Waals surface area contributed by atoms with Crippen molar-refractivity contribution in [3.63, 3.8) is 0 Å². The van der Waals surface area contributed by atoms with Crippen LogP contribution in [0.25, 0.3) is 0 Å². The molecule has 0 aromatic carbocycles. The molecule has 9 heteroatoms. The van der Waals surface area contributed by atoms with Gasteiger partial charge >= 0.3 is 6.03 Å². The smallest absolute Gasteiger partial charge is 0.321 e. The van der Waals surface area contributed by atoms with E-state index < -0.39 is 15.3 Å². The van der Waals surface area contributed by atoms with Crippen molar-refractivity contribution >= 4 is 32.5 Å². The van der Waals surface area contributed by atoms with Gasteiger partial charge in [0.25, 0.3) is 0 Å². The van der Waals surface area contributed by atoms with Crippen molar-refractivity contribution in [3.8, 4) is 0 Å². The van der Waals surface area contributed by atoms with Crippen molar-refractivity contribution in [1.29, 1.82) is 0 Å². The number of amides is 2. The Bertz CT molecular complexity index is 689. The first-order valence-corrected chi connectivity index (χ1v) is 9.88. The number of fused-ring (bicyclic) bond motifs is 1. The molecule has 0 saturated carbocycles. The van der Waals surface area contributed by atoms with Crippen LogP contribution in [0.2, 0.25) is 0 Å². The van der Waals surface area contributed by atoms with Crippen LogP contribution >= 0.6 is 11.3 Å². The Balaban J connectivity index is 2.09. The first-order chi connectivity index (χ1) is 10.5. The number of carbonyl (C=O) groups excluding carboxylic acids is 1. The van der Waals surface area contributed by atoms with Gasteiger partial charge in [-0.25, -0.2) is 18.2 Å². The topological polar surface area (TPSA) is 91.4 Å². The third-order valence-electron chi connectivity index (χ3n) is 3.36. The van der Waals surface area contributed by atoms with Gasteiger partial charge in [-0.1, -0.05) is 11.3 Å². The second kappa shape index (κ2) is 6.37. The van der Waals surface area contributed by atoms with E-state index in [4.69, 9.17) is 0 Å². The highest BCUT2D eigenvalue weighted by Gasteiger charge is 2.31. The van der Waals surface area contributed by atoms with E-state index in [1.54, 1.807) is 13.8 Å². The molecule has 130 valence electrons. The van der Waals surface area contributed by atoms with Crippen molar-refractivity contribution in [2.75, 3.05) is 11.9 Å². The number of sulfonamides is 1. The van der Waals surface area contributed by atoms with Gasteiger partial charge in [-0.15, -0.1) is 0 Å². The molecule has 1 aromatic rings. The summed E-state index contributed by atoms with van der Waals surface area (Å²) in [6.45, 7) is 9.82. The fourth-order valence-electron chi connectivity index (χ4n) is 2.21. The van der Waals surface area contributed by atoms with Crippen LogP contribution in [0, 0.1) is 0 Å². The number of aromatic nitrogens is 1.